The Balaban J connectivity index is 2.56. The molecule has 0 spiro atoms. The Morgan fingerprint density at radius 2 is 2.00 bits per heavy atom. The Kier molecular flexibility index (Phi) is 4.71. The third kappa shape index (κ3) is 3.48. The van der Waals surface area contributed by atoms with Crippen LogP contribution in [-0.2, 0) is 4.79 Å². The molecule has 18 heavy (non-hydrogen) atoms. The first-order valence-electron chi connectivity index (χ1n) is 5.70. The lowest BCUT2D eigenvalue weighted by Gasteiger charge is -2.11. The Labute approximate surface area is 106 Å². The zero-order valence-electron chi connectivity index (χ0n) is 10.9. The van der Waals surface area contributed by atoms with Crippen molar-refractivity contribution >= 4 is 11.8 Å². The molecule has 0 aliphatic rings. The molecule has 0 unspecified atom stereocenters. The van der Waals surface area contributed by atoms with Crippen molar-refractivity contribution < 1.29 is 14.7 Å². The highest BCUT2D eigenvalue weighted by atomic mass is 16.3. The number of rotatable bonds is 4. The standard InChI is InChI=1S/C13H18N2O3/c1-9-5-4-6-10(12(9)17)13(18)14-8-7-11(16)15(2)3/h4-6,17H,7-8H2,1-3H3,(H,14,18). The molecule has 5 nitrogen and oxygen atoms in total. The lowest BCUT2D eigenvalue weighted by molar-refractivity contribution is -0.128. The minimum atomic E-state index is -0.372. The van der Waals surface area contributed by atoms with Gasteiger partial charge < -0.3 is 15.3 Å². The normalized spacial score (nSPS) is 9.94. The summed E-state index contributed by atoms with van der Waals surface area (Å²) in [5.74, 6) is -0.444. The summed E-state index contributed by atoms with van der Waals surface area (Å²) in [5, 5.41) is 12.3. The topological polar surface area (TPSA) is 69.6 Å². The number of aryl methyl sites for hydroxylation is 1. The van der Waals surface area contributed by atoms with Gasteiger partial charge in [0.05, 0.1) is 5.56 Å². The molecule has 0 saturated carbocycles. The van der Waals surface area contributed by atoms with E-state index in [1.54, 1.807) is 39.2 Å². The summed E-state index contributed by atoms with van der Waals surface area (Å²) in [4.78, 5) is 24.5. The third-order valence-corrected chi connectivity index (χ3v) is 2.61. The second-order valence-electron chi connectivity index (χ2n) is 4.27. The molecule has 0 fully saturated rings. The van der Waals surface area contributed by atoms with Gasteiger partial charge in [-0.1, -0.05) is 12.1 Å². The number of aromatic hydroxyl groups is 1. The fraction of sp³-hybridized carbons (Fsp3) is 0.385. The van der Waals surface area contributed by atoms with Gasteiger partial charge in [-0.3, -0.25) is 9.59 Å². The average molecular weight is 250 g/mol. The van der Waals surface area contributed by atoms with Crippen LogP contribution in [0.5, 0.6) is 5.75 Å². The predicted molar refractivity (Wildman–Crippen MR) is 68.5 cm³/mol. The molecule has 1 rings (SSSR count). The van der Waals surface area contributed by atoms with E-state index in [0.29, 0.717) is 5.56 Å². The van der Waals surface area contributed by atoms with Crippen molar-refractivity contribution in [2.45, 2.75) is 13.3 Å². The monoisotopic (exact) mass is 250 g/mol. The number of hydrogen-bond acceptors (Lipinski definition) is 3. The number of carbonyl (C=O) groups is 2. The quantitative estimate of drug-likeness (QED) is 0.834. The SMILES string of the molecule is Cc1cccc(C(=O)NCCC(=O)N(C)C)c1O. The molecule has 0 heterocycles. The van der Waals surface area contributed by atoms with E-state index in [2.05, 4.69) is 5.32 Å². The van der Waals surface area contributed by atoms with Crippen LogP contribution < -0.4 is 5.32 Å². The number of benzene rings is 1. The van der Waals surface area contributed by atoms with Gasteiger partial charge in [0, 0.05) is 27.1 Å². The molecule has 0 bridgehead atoms. The molecule has 1 aromatic rings. The van der Waals surface area contributed by atoms with Crippen molar-refractivity contribution in [3.63, 3.8) is 0 Å². The third-order valence-electron chi connectivity index (χ3n) is 2.61. The smallest absolute Gasteiger partial charge is 0.255 e. The van der Waals surface area contributed by atoms with Gasteiger partial charge in [-0.15, -0.1) is 0 Å². The Morgan fingerprint density at radius 1 is 1.33 bits per heavy atom. The van der Waals surface area contributed by atoms with Gasteiger partial charge >= 0.3 is 0 Å². The van der Waals surface area contributed by atoms with Crippen LogP contribution in [0.25, 0.3) is 0 Å². The largest absolute Gasteiger partial charge is 0.507 e. The molecular weight excluding hydrogens is 232 g/mol. The second kappa shape index (κ2) is 6.05. The first-order valence-corrected chi connectivity index (χ1v) is 5.70. The fourth-order valence-corrected chi connectivity index (χ4v) is 1.44. The molecule has 0 aromatic heterocycles. The maximum atomic E-state index is 11.8. The Morgan fingerprint density at radius 3 is 2.61 bits per heavy atom. The number of para-hydroxylation sites is 1. The van der Waals surface area contributed by atoms with Crippen molar-refractivity contribution in [2.75, 3.05) is 20.6 Å². The van der Waals surface area contributed by atoms with E-state index in [1.165, 1.54) is 4.90 Å². The summed E-state index contributed by atoms with van der Waals surface area (Å²) in [7, 11) is 3.33. The summed E-state index contributed by atoms with van der Waals surface area (Å²) >= 11 is 0. The Bertz CT molecular complexity index is 456. The number of amides is 2. The van der Waals surface area contributed by atoms with E-state index in [9.17, 15) is 14.7 Å². The Hall–Kier alpha value is -2.04. The van der Waals surface area contributed by atoms with Gasteiger partial charge in [0.25, 0.3) is 5.91 Å². The van der Waals surface area contributed by atoms with Crippen LogP contribution in [0.4, 0.5) is 0 Å². The zero-order chi connectivity index (χ0) is 13.7. The molecular formula is C13H18N2O3. The van der Waals surface area contributed by atoms with Crippen molar-refractivity contribution in [3.05, 3.63) is 29.3 Å². The molecule has 0 saturated heterocycles. The van der Waals surface area contributed by atoms with Gasteiger partial charge in [0.15, 0.2) is 0 Å². The van der Waals surface area contributed by atoms with Crippen molar-refractivity contribution in [3.8, 4) is 5.75 Å². The summed E-state index contributed by atoms with van der Waals surface area (Å²) in [6, 6.07) is 4.97. The molecule has 0 aliphatic carbocycles. The predicted octanol–water partition coefficient (Wildman–Crippen LogP) is 0.909. The first kappa shape index (κ1) is 14.0. The van der Waals surface area contributed by atoms with Crippen molar-refractivity contribution in [1.82, 2.24) is 10.2 Å². The van der Waals surface area contributed by atoms with Gasteiger partial charge in [0.2, 0.25) is 5.91 Å². The van der Waals surface area contributed by atoms with E-state index < -0.39 is 0 Å². The molecule has 0 atom stereocenters. The van der Waals surface area contributed by atoms with Crippen LogP contribution in [0.15, 0.2) is 18.2 Å². The molecule has 0 aliphatic heterocycles. The van der Waals surface area contributed by atoms with Gasteiger partial charge in [-0.05, 0) is 18.6 Å². The summed E-state index contributed by atoms with van der Waals surface area (Å²) in [6.07, 6.45) is 0.241. The molecule has 98 valence electrons. The van der Waals surface area contributed by atoms with E-state index >= 15 is 0 Å². The van der Waals surface area contributed by atoms with Gasteiger partial charge in [-0.25, -0.2) is 0 Å². The van der Waals surface area contributed by atoms with Crippen LogP contribution >= 0.6 is 0 Å². The highest BCUT2D eigenvalue weighted by molar-refractivity contribution is 5.97. The summed E-state index contributed by atoms with van der Waals surface area (Å²) in [5.41, 5.74) is 0.874. The van der Waals surface area contributed by atoms with Crippen LogP contribution in [0.1, 0.15) is 22.3 Å². The fourth-order valence-electron chi connectivity index (χ4n) is 1.44. The summed E-state index contributed by atoms with van der Waals surface area (Å²) < 4.78 is 0. The van der Waals surface area contributed by atoms with Crippen molar-refractivity contribution in [2.24, 2.45) is 0 Å². The number of phenols is 1. The first-order chi connectivity index (χ1) is 8.43. The zero-order valence-corrected chi connectivity index (χ0v) is 10.9. The van der Waals surface area contributed by atoms with E-state index in [1.807, 2.05) is 0 Å². The van der Waals surface area contributed by atoms with Crippen LogP contribution in [0.3, 0.4) is 0 Å². The van der Waals surface area contributed by atoms with E-state index in [0.717, 1.165) is 0 Å². The molecule has 0 radical (unpaired) electrons. The minimum absolute atomic E-state index is 0.0195. The van der Waals surface area contributed by atoms with Crippen LogP contribution in [-0.4, -0.2) is 42.5 Å². The molecule has 2 N–H and O–H groups in total. The minimum Gasteiger partial charge on any atom is -0.507 e. The van der Waals surface area contributed by atoms with Gasteiger partial charge in [-0.2, -0.15) is 0 Å². The van der Waals surface area contributed by atoms with Gasteiger partial charge in [0.1, 0.15) is 5.75 Å². The number of nitrogens with zero attached hydrogens (tertiary/aromatic N) is 1. The van der Waals surface area contributed by atoms with Crippen LogP contribution in [0.2, 0.25) is 0 Å². The van der Waals surface area contributed by atoms with E-state index in [-0.39, 0.29) is 36.1 Å². The molecule has 5 heteroatoms. The maximum Gasteiger partial charge on any atom is 0.255 e. The van der Waals surface area contributed by atoms with E-state index in [4.69, 9.17) is 0 Å². The lowest BCUT2D eigenvalue weighted by Crippen LogP contribution is -2.30. The van der Waals surface area contributed by atoms with Crippen LogP contribution in [0, 0.1) is 6.92 Å². The number of carbonyl (C=O) groups excluding carboxylic acids is 2. The number of phenolic OH excluding ortho intramolecular Hbond substituents is 1. The molecule has 2 amide bonds. The highest BCUT2D eigenvalue weighted by Crippen LogP contribution is 2.20. The highest BCUT2D eigenvalue weighted by Gasteiger charge is 2.12. The maximum absolute atomic E-state index is 11.8. The number of hydrogen-bond donors (Lipinski definition) is 2. The van der Waals surface area contributed by atoms with Crippen molar-refractivity contribution in [1.29, 1.82) is 0 Å². The average Bonchev–Trinajstić information content (AvgIpc) is 2.32. The summed E-state index contributed by atoms with van der Waals surface area (Å²) in [6.45, 7) is 1.98. The lowest BCUT2D eigenvalue weighted by atomic mass is 10.1. The second-order valence-corrected chi connectivity index (χ2v) is 4.27. The number of nitrogens with one attached hydrogen (secondary N) is 1. The molecule has 1 aromatic carbocycles.